The highest BCUT2D eigenvalue weighted by Gasteiger charge is 2.29. The van der Waals surface area contributed by atoms with Crippen molar-refractivity contribution in [3.8, 4) is 0 Å². The van der Waals surface area contributed by atoms with E-state index in [1.54, 1.807) is 0 Å². The quantitative estimate of drug-likeness (QED) is 0.166. The van der Waals surface area contributed by atoms with Crippen molar-refractivity contribution in [3.05, 3.63) is 204 Å². The second-order valence-electron chi connectivity index (χ2n) is 24.0. The molecule has 0 aliphatic carbocycles. The summed E-state index contributed by atoms with van der Waals surface area (Å²) in [5.41, 5.74) is 13.8. The zero-order valence-electron chi connectivity index (χ0n) is 43.6. The van der Waals surface area contributed by atoms with Crippen LogP contribution in [0.25, 0.3) is 65.0 Å². The zero-order valence-corrected chi connectivity index (χ0v) is 43.6. The molecule has 0 spiro atoms. The molecule has 354 valence electrons. The van der Waals surface area contributed by atoms with Crippen LogP contribution in [0.5, 0.6) is 0 Å². The van der Waals surface area contributed by atoms with Crippen LogP contribution in [0.3, 0.4) is 0 Å². The first kappa shape index (κ1) is 46.0. The van der Waals surface area contributed by atoms with Crippen LogP contribution in [0, 0.1) is 0 Å². The molecule has 0 bridgehead atoms. The molecular formula is C68H66N2O. The minimum Gasteiger partial charge on any atom is -0.456 e. The molecule has 0 aliphatic heterocycles. The summed E-state index contributed by atoms with van der Waals surface area (Å²) in [6.07, 6.45) is 0. The normalized spacial score (nSPS) is 12.8. The van der Waals surface area contributed by atoms with E-state index >= 15 is 0 Å². The van der Waals surface area contributed by atoms with Crippen molar-refractivity contribution in [3.63, 3.8) is 0 Å². The highest BCUT2D eigenvalue weighted by Crippen LogP contribution is 2.49. The maximum atomic E-state index is 6.91. The van der Waals surface area contributed by atoms with Gasteiger partial charge < -0.3 is 14.2 Å². The molecule has 71 heavy (non-hydrogen) atoms. The average Bonchev–Trinajstić information content (AvgIpc) is 3.67. The van der Waals surface area contributed by atoms with Crippen molar-refractivity contribution in [2.75, 3.05) is 9.80 Å². The maximum absolute atomic E-state index is 6.91. The lowest BCUT2D eigenvalue weighted by Crippen LogP contribution is -2.20. The zero-order chi connectivity index (χ0) is 49.8. The van der Waals surface area contributed by atoms with Gasteiger partial charge in [0.1, 0.15) is 11.2 Å². The molecule has 0 fully saturated rings. The van der Waals surface area contributed by atoms with Gasteiger partial charge in [0.05, 0.1) is 11.4 Å². The monoisotopic (exact) mass is 927 g/mol. The number of nitrogens with zero attached hydrogens (tertiary/aromatic N) is 2. The lowest BCUT2D eigenvalue weighted by molar-refractivity contribution is 0.589. The molecule has 11 aromatic rings. The van der Waals surface area contributed by atoms with Gasteiger partial charge in [0.25, 0.3) is 0 Å². The molecule has 0 saturated carbocycles. The fourth-order valence-electron chi connectivity index (χ4n) is 10.8. The molecule has 1 heterocycles. The van der Waals surface area contributed by atoms with E-state index in [1.807, 2.05) is 0 Å². The summed E-state index contributed by atoms with van der Waals surface area (Å²) in [6.45, 7) is 27.6. The second kappa shape index (κ2) is 16.6. The molecule has 0 aliphatic rings. The molecule has 3 nitrogen and oxygen atoms in total. The number of hydrogen-bond acceptors (Lipinski definition) is 3. The van der Waals surface area contributed by atoms with Gasteiger partial charge in [-0.15, -0.1) is 0 Å². The first-order valence-electron chi connectivity index (χ1n) is 25.4. The van der Waals surface area contributed by atoms with Crippen molar-refractivity contribution < 1.29 is 4.42 Å². The predicted molar refractivity (Wildman–Crippen MR) is 308 cm³/mol. The Morgan fingerprint density at radius 1 is 0.282 bits per heavy atom. The van der Waals surface area contributed by atoms with Crippen molar-refractivity contribution in [2.24, 2.45) is 0 Å². The highest BCUT2D eigenvalue weighted by atomic mass is 16.3. The molecule has 0 amide bonds. The average molecular weight is 927 g/mol. The Labute approximate surface area is 420 Å². The smallest absolute Gasteiger partial charge is 0.136 e. The number of rotatable bonds is 6. The van der Waals surface area contributed by atoms with Crippen molar-refractivity contribution in [1.29, 1.82) is 0 Å². The van der Waals surface area contributed by atoms with Crippen molar-refractivity contribution in [1.82, 2.24) is 0 Å². The Kier molecular flexibility index (Phi) is 10.8. The second-order valence-corrected chi connectivity index (χ2v) is 24.0. The third-order valence-electron chi connectivity index (χ3n) is 14.7. The number of furan rings is 1. The number of fused-ring (bicyclic) bond motifs is 7. The minimum absolute atomic E-state index is 0.0430. The Hall–Kier alpha value is -7.36. The summed E-state index contributed by atoms with van der Waals surface area (Å²) in [5, 5.41) is 11.8. The highest BCUT2D eigenvalue weighted by molar-refractivity contribution is 6.14. The van der Waals surface area contributed by atoms with Crippen molar-refractivity contribution >= 4 is 99.2 Å². The molecular weight excluding hydrogens is 861 g/mol. The van der Waals surface area contributed by atoms with Gasteiger partial charge in [0, 0.05) is 44.3 Å². The molecule has 0 N–H and O–H groups in total. The van der Waals surface area contributed by atoms with Gasteiger partial charge in [0.2, 0.25) is 0 Å². The Bertz CT molecular complexity index is 3590. The summed E-state index contributed by atoms with van der Waals surface area (Å²) < 4.78 is 6.91. The van der Waals surface area contributed by atoms with Crippen LogP contribution in [0.1, 0.15) is 105 Å². The van der Waals surface area contributed by atoms with Crippen LogP contribution in [-0.4, -0.2) is 0 Å². The van der Waals surface area contributed by atoms with E-state index < -0.39 is 0 Å². The van der Waals surface area contributed by atoms with Crippen LogP contribution in [-0.2, 0) is 21.7 Å². The fraction of sp³-hybridized carbons (Fsp3) is 0.235. The van der Waals surface area contributed by atoms with Gasteiger partial charge >= 0.3 is 0 Å². The SMILES string of the molecule is CC(C)(C)c1ccc(N(c2ccc3cc4c(cc3c2)oc2cc3cc(N(c5ccc(C(C)(C)C)cc5)c5c(C(C)(C)C)ccc6ccccc56)ccc3cc24)c2c(C(C)(C)C)ccc3ccccc23)cc1. The van der Waals surface area contributed by atoms with Gasteiger partial charge in [-0.3, -0.25) is 0 Å². The van der Waals surface area contributed by atoms with Crippen LogP contribution >= 0.6 is 0 Å². The number of benzene rings is 10. The van der Waals surface area contributed by atoms with E-state index in [0.29, 0.717) is 0 Å². The maximum Gasteiger partial charge on any atom is 0.136 e. The molecule has 10 aromatic carbocycles. The van der Waals surface area contributed by atoms with E-state index in [1.165, 1.54) is 65.9 Å². The largest absolute Gasteiger partial charge is 0.456 e. The van der Waals surface area contributed by atoms with Crippen LogP contribution in [0.4, 0.5) is 34.1 Å². The van der Waals surface area contributed by atoms with Crippen LogP contribution in [0.2, 0.25) is 0 Å². The molecule has 0 radical (unpaired) electrons. The fourth-order valence-corrected chi connectivity index (χ4v) is 10.8. The third kappa shape index (κ3) is 8.29. The van der Waals surface area contributed by atoms with Crippen molar-refractivity contribution in [2.45, 2.75) is 105 Å². The van der Waals surface area contributed by atoms with Gasteiger partial charge in [-0.1, -0.05) is 192 Å². The van der Waals surface area contributed by atoms with Gasteiger partial charge in [-0.05, 0) is 149 Å². The van der Waals surface area contributed by atoms with E-state index in [-0.39, 0.29) is 21.7 Å². The van der Waals surface area contributed by atoms with E-state index in [9.17, 15) is 0 Å². The summed E-state index contributed by atoms with van der Waals surface area (Å²) in [5.74, 6) is 0. The Balaban J connectivity index is 1.07. The topological polar surface area (TPSA) is 19.6 Å². The standard InChI is InChI=1S/C68H66N2O/c1-65(2,3)49-25-31-51(32-26-49)69(63-55-19-15-13-17-43(55)23-35-59(63)67(7,8)9)53-29-21-45-39-57-58-40-46-22-30-54(38-48(46)42-62(58)71-61(57)41-47(45)37-53)70(52-33-27-50(28-34-52)66(4,5)6)64-56-20-16-14-18-44(56)24-36-60(64)68(10,11)12/h13-42H,1-12H3. The summed E-state index contributed by atoms with van der Waals surface area (Å²) >= 11 is 0. The Morgan fingerprint density at radius 3 is 1.00 bits per heavy atom. The molecule has 0 atom stereocenters. The summed E-state index contributed by atoms with van der Waals surface area (Å²) in [4.78, 5) is 4.96. The first-order chi connectivity index (χ1) is 33.7. The third-order valence-corrected chi connectivity index (χ3v) is 14.7. The number of hydrogen-bond donors (Lipinski definition) is 0. The minimum atomic E-state index is -0.105. The lowest BCUT2D eigenvalue weighted by Gasteiger charge is -2.34. The lowest BCUT2D eigenvalue weighted by atomic mass is 9.83. The molecule has 11 rings (SSSR count). The van der Waals surface area contributed by atoms with E-state index in [0.717, 1.165) is 55.5 Å². The molecule has 1 aromatic heterocycles. The van der Waals surface area contributed by atoms with Crippen LogP contribution in [0.15, 0.2) is 186 Å². The van der Waals surface area contributed by atoms with E-state index in [4.69, 9.17) is 4.42 Å². The first-order valence-corrected chi connectivity index (χ1v) is 25.4. The number of anilines is 6. The molecule has 3 heteroatoms. The van der Waals surface area contributed by atoms with Gasteiger partial charge in [0.15, 0.2) is 0 Å². The Morgan fingerprint density at radius 2 is 0.634 bits per heavy atom. The molecule has 0 unspecified atom stereocenters. The van der Waals surface area contributed by atoms with Gasteiger partial charge in [-0.25, -0.2) is 0 Å². The summed E-state index contributed by atoms with van der Waals surface area (Å²) in [6, 6.07) is 68.2. The molecule has 0 saturated heterocycles. The van der Waals surface area contributed by atoms with Gasteiger partial charge in [-0.2, -0.15) is 0 Å². The van der Waals surface area contributed by atoms with E-state index in [2.05, 4.69) is 275 Å². The van der Waals surface area contributed by atoms with Crippen LogP contribution < -0.4 is 9.80 Å². The summed E-state index contributed by atoms with van der Waals surface area (Å²) in [7, 11) is 0. The predicted octanol–water partition coefficient (Wildman–Crippen LogP) is 20.3.